The number of methoxy groups -OCH3 is 1. The van der Waals surface area contributed by atoms with Crippen LogP contribution in [0, 0.1) is 5.92 Å². The van der Waals surface area contributed by atoms with Crippen LogP contribution < -0.4 is 10.1 Å². The minimum absolute atomic E-state index is 0.0409. The Labute approximate surface area is 200 Å². The second-order valence-corrected chi connectivity index (χ2v) is 9.59. The number of rotatable bonds is 12. The van der Waals surface area contributed by atoms with E-state index in [0.29, 0.717) is 42.6 Å². The normalized spacial score (nSPS) is 11.8. The Hall–Kier alpha value is -2.18. The maximum atomic E-state index is 13.3. The summed E-state index contributed by atoms with van der Waals surface area (Å²) in [6.07, 6.45) is 0.884. The average molecular weight is 477 g/mol. The van der Waals surface area contributed by atoms with Crippen LogP contribution in [0.4, 0.5) is 0 Å². The molecule has 32 heavy (non-hydrogen) atoms. The lowest BCUT2D eigenvalue weighted by Crippen LogP contribution is -2.49. The minimum atomic E-state index is -0.520. The molecule has 2 rings (SSSR count). The third kappa shape index (κ3) is 8.40. The number of benzene rings is 2. The van der Waals surface area contributed by atoms with Gasteiger partial charge in [-0.2, -0.15) is 0 Å². The highest BCUT2D eigenvalue weighted by molar-refractivity contribution is 7.99. The number of halogens is 1. The lowest BCUT2D eigenvalue weighted by molar-refractivity contribution is -0.141. The van der Waals surface area contributed by atoms with Crippen molar-refractivity contribution in [3.8, 4) is 5.75 Å². The van der Waals surface area contributed by atoms with Crippen molar-refractivity contribution in [3.05, 3.63) is 59.1 Å². The van der Waals surface area contributed by atoms with E-state index in [4.69, 9.17) is 16.3 Å². The molecule has 2 amide bonds. The van der Waals surface area contributed by atoms with E-state index in [2.05, 4.69) is 5.32 Å². The molecule has 5 nitrogen and oxygen atoms in total. The van der Waals surface area contributed by atoms with Crippen molar-refractivity contribution in [2.75, 3.05) is 19.4 Å². The van der Waals surface area contributed by atoms with Gasteiger partial charge in [0.1, 0.15) is 11.8 Å². The standard InChI is InChI=1S/C25H33ClN2O3S/c1-5-23(25(30)27-16-18(2)3)28(17-19-7-6-8-21(15-19)31-4)24(29)13-14-32-22-11-9-20(26)10-12-22/h6-12,15,18,23H,5,13-14,16-17H2,1-4H3,(H,27,30)/t23-/m1/s1. The van der Waals surface area contributed by atoms with Crippen molar-refractivity contribution in [1.82, 2.24) is 10.2 Å². The zero-order valence-corrected chi connectivity index (χ0v) is 20.8. The quantitative estimate of drug-likeness (QED) is 0.416. The Balaban J connectivity index is 2.13. The van der Waals surface area contributed by atoms with E-state index in [1.54, 1.807) is 23.8 Å². The Morgan fingerprint density at radius 1 is 1.16 bits per heavy atom. The molecule has 2 aromatic rings. The monoisotopic (exact) mass is 476 g/mol. The molecule has 1 N–H and O–H groups in total. The molecule has 0 aliphatic heterocycles. The molecule has 0 saturated carbocycles. The Morgan fingerprint density at radius 3 is 2.50 bits per heavy atom. The zero-order chi connectivity index (χ0) is 23.5. The van der Waals surface area contributed by atoms with Gasteiger partial charge in [0.25, 0.3) is 0 Å². The smallest absolute Gasteiger partial charge is 0.242 e. The van der Waals surface area contributed by atoms with Crippen molar-refractivity contribution < 1.29 is 14.3 Å². The minimum Gasteiger partial charge on any atom is -0.497 e. The van der Waals surface area contributed by atoms with Gasteiger partial charge >= 0.3 is 0 Å². The van der Waals surface area contributed by atoms with Crippen molar-refractivity contribution in [2.24, 2.45) is 5.92 Å². The van der Waals surface area contributed by atoms with Crippen LogP contribution in [-0.2, 0) is 16.1 Å². The molecule has 0 bridgehead atoms. The summed E-state index contributed by atoms with van der Waals surface area (Å²) in [6.45, 7) is 6.98. The molecule has 0 saturated heterocycles. The maximum absolute atomic E-state index is 13.3. The molecular formula is C25H33ClN2O3S. The lowest BCUT2D eigenvalue weighted by atomic mass is 10.1. The number of nitrogens with one attached hydrogen (secondary N) is 1. The van der Waals surface area contributed by atoms with Gasteiger partial charge in [-0.05, 0) is 54.3 Å². The second kappa shape index (κ2) is 13.4. The van der Waals surface area contributed by atoms with Gasteiger partial charge in [0.15, 0.2) is 0 Å². The highest BCUT2D eigenvalue weighted by atomic mass is 35.5. The predicted molar refractivity (Wildman–Crippen MR) is 132 cm³/mol. The highest BCUT2D eigenvalue weighted by Gasteiger charge is 2.28. The predicted octanol–water partition coefficient (Wildman–Crippen LogP) is 5.41. The van der Waals surface area contributed by atoms with E-state index < -0.39 is 6.04 Å². The third-order valence-corrected chi connectivity index (χ3v) is 6.22. The SMILES string of the molecule is CC[C@H](C(=O)NCC(C)C)N(Cc1cccc(OC)c1)C(=O)CCSc1ccc(Cl)cc1. The average Bonchev–Trinajstić information content (AvgIpc) is 2.78. The fourth-order valence-corrected chi connectivity index (χ4v) is 4.21. The van der Waals surface area contributed by atoms with Crippen LogP contribution in [0.5, 0.6) is 5.75 Å². The Morgan fingerprint density at radius 2 is 1.88 bits per heavy atom. The van der Waals surface area contributed by atoms with Crippen LogP contribution in [0.25, 0.3) is 0 Å². The summed E-state index contributed by atoms with van der Waals surface area (Å²) in [5.74, 6) is 1.54. The highest BCUT2D eigenvalue weighted by Crippen LogP contribution is 2.23. The lowest BCUT2D eigenvalue weighted by Gasteiger charge is -2.31. The van der Waals surface area contributed by atoms with Gasteiger partial charge in [-0.1, -0.05) is 44.5 Å². The van der Waals surface area contributed by atoms with Gasteiger partial charge in [-0.25, -0.2) is 0 Å². The van der Waals surface area contributed by atoms with Crippen molar-refractivity contribution in [3.63, 3.8) is 0 Å². The summed E-state index contributed by atoms with van der Waals surface area (Å²) in [4.78, 5) is 28.9. The van der Waals surface area contributed by atoms with Gasteiger partial charge < -0.3 is 15.0 Å². The topological polar surface area (TPSA) is 58.6 Å². The van der Waals surface area contributed by atoms with Crippen molar-refractivity contribution in [2.45, 2.75) is 51.1 Å². The van der Waals surface area contributed by atoms with Crippen LogP contribution >= 0.6 is 23.4 Å². The largest absolute Gasteiger partial charge is 0.497 e. The summed E-state index contributed by atoms with van der Waals surface area (Å²) >= 11 is 7.55. The molecule has 0 aromatic heterocycles. The fourth-order valence-electron chi connectivity index (χ4n) is 3.24. The van der Waals surface area contributed by atoms with Crippen LogP contribution in [0.1, 0.15) is 39.2 Å². The molecule has 7 heteroatoms. The number of carbonyl (C=O) groups excluding carboxylic acids is 2. The molecular weight excluding hydrogens is 444 g/mol. The number of hydrogen-bond donors (Lipinski definition) is 1. The van der Waals surface area contributed by atoms with Gasteiger partial charge in [0, 0.05) is 35.2 Å². The number of amides is 2. The van der Waals surface area contributed by atoms with Crippen LogP contribution in [0.15, 0.2) is 53.4 Å². The van der Waals surface area contributed by atoms with Gasteiger partial charge in [0.05, 0.1) is 7.11 Å². The molecule has 0 aliphatic rings. The summed E-state index contributed by atoms with van der Waals surface area (Å²) in [5, 5.41) is 3.68. The molecule has 0 heterocycles. The van der Waals surface area contributed by atoms with Crippen molar-refractivity contribution in [1.29, 1.82) is 0 Å². The number of nitrogens with zero attached hydrogens (tertiary/aromatic N) is 1. The summed E-state index contributed by atoms with van der Waals surface area (Å²) in [5.41, 5.74) is 0.929. The van der Waals surface area contributed by atoms with Crippen LogP contribution in [-0.4, -0.2) is 42.2 Å². The maximum Gasteiger partial charge on any atom is 0.242 e. The van der Waals surface area contributed by atoms with Gasteiger partial charge in [-0.15, -0.1) is 11.8 Å². The van der Waals surface area contributed by atoms with E-state index in [-0.39, 0.29) is 11.8 Å². The van der Waals surface area contributed by atoms with Crippen LogP contribution in [0.3, 0.4) is 0 Å². The van der Waals surface area contributed by atoms with E-state index >= 15 is 0 Å². The summed E-state index contributed by atoms with van der Waals surface area (Å²) in [7, 11) is 1.62. The van der Waals surface area contributed by atoms with E-state index in [1.807, 2.05) is 69.3 Å². The van der Waals surface area contributed by atoms with Crippen LogP contribution in [0.2, 0.25) is 5.02 Å². The molecule has 0 radical (unpaired) electrons. The number of carbonyl (C=O) groups is 2. The van der Waals surface area contributed by atoms with Gasteiger partial charge in [-0.3, -0.25) is 9.59 Å². The number of hydrogen-bond acceptors (Lipinski definition) is 4. The molecule has 1 atom stereocenters. The first-order valence-electron chi connectivity index (χ1n) is 10.9. The first kappa shape index (κ1) is 26.1. The fraction of sp³-hybridized carbons (Fsp3) is 0.440. The first-order valence-corrected chi connectivity index (χ1v) is 12.3. The molecule has 0 fully saturated rings. The summed E-state index contributed by atoms with van der Waals surface area (Å²) < 4.78 is 5.32. The molecule has 0 unspecified atom stereocenters. The zero-order valence-electron chi connectivity index (χ0n) is 19.3. The number of ether oxygens (including phenoxy) is 1. The van der Waals surface area contributed by atoms with E-state index in [0.717, 1.165) is 16.2 Å². The first-order chi connectivity index (χ1) is 15.3. The Kier molecular flexibility index (Phi) is 10.9. The molecule has 0 aliphatic carbocycles. The third-order valence-electron chi connectivity index (χ3n) is 4.96. The molecule has 174 valence electrons. The summed E-state index contributed by atoms with van der Waals surface area (Å²) in [6, 6.07) is 14.7. The van der Waals surface area contributed by atoms with Gasteiger partial charge in [0.2, 0.25) is 11.8 Å². The number of thioether (sulfide) groups is 1. The second-order valence-electron chi connectivity index (χ2n) is 7.99. The molecule has 0 spiro atoms. The van der Waals surface area contributed by atoms with Crippen molar-refractivity contribution >= 4 is 35.2 Å². The molecule has 2 aromatic carbocycles. The Bertz CT molecular complexity index is 874. The van der Waals surface area contributed by atoms with E-state index in [9.17, 15) is 9.59 Å². The van der Waals surface area contributed by atoms with E-state index in [1.165, 1.54) is 0 Å².